The normalized spacial score (nSPS) is 26.6. The van der Waals surface area contributed by atoms with E-state index in [1.165, 1.54) is 42.6 Å². The van der Waals surface area contributed by atoms with E-state index in [2.05, 4.69) is 62.1 Å². The van der Waals surface area contributed by atoms with Crippen LogP contribution in [-0.2, 0) is 0 Å². The van der Waals surface area contributed by atoms with E-state index in [0.29, 0.717) is 6.04 Å². The Balaban J connectivity index is 2.04. The standard InChI is InChI=1S/C18H29NS/c1-4-12-19-16-11-10-15(5-2)13-18(16)20-17-9-7-6-8-14(17)3/h6-9,15-16,18-19H,4-5,10-13H2,1-3H3. The highest BCUT2D eigenvalue weighted by Gasteiger charge is 2.30. The van der Waals surface area contributed by atoms with Crippen molar-refractivity contribution in [3.63, 3.8) is 0 Å². The van der Waals surface area contributed by atoms with Gasteiger partial charge in [-0.2, -0.15) is 0 Å². The summed E-state index contributed by atoms with van der Waals surface area (Å²) in [5.41, 5.74) is 1.42. The summed E-state index contributed by atoms with van der Waals surface area (Å²) in [5.74, 6) is 0.927. The van der Waals surface area contributed by atoms with Gasteiger partial charge in [-0.15, -0.1) is 11.8 Å². The van der Waals surface area contributed by atoms with Crippen LogP contribution >= 0.6 is 11.8 Å². The molecule has 1 aliphatic carbocycles. The van der Waals surface area contributed by atoms with E-state index in [1.54, 1.807) is 0 Å². The number of hydrogen-bond donors (Lipinski definition) is 1. The van der Waals surface area contributed by atoms with Gasteiger partial charge in [-0.25, -0.2) is 0 Å². The molecule has 3 atom stereocenters. The Morgan fingerprint density at radius 3 is 2.70 bits per heavy atom. The monoisotopic (exact) mass is 291 g/mol. The number of thioether (sulfide) groups is 1. The summed E-state index contributed by atoms with van der Waals surface area (Å²) < 4.78 is 0. The number of rotatable bonds is 6. The minimum absolute atomic E-state index is 0.697. The zero-order valence-electron chi connectivity index (χ0n) is 13.2. The molecule has 3 unspecified atom stereocenters. The molecule has 0 aromatic heterocycles. The molecule has 0 amide bonds. The van der Waals surface area contributed by atoms with E-state index in [0.717, 1.165) is 17.7 Å². The number of benzene rings is 1. The highest BCUT2D eigenvalue weighted by molar-refractivity contribution is 8.00. The van der Waals surface area contributed by atoms with Crippen LogP contribution in [0.1, 0.15) is 51.5 Å². The van der Waals surface area contributed by atoms with Crippen molar-refractivity contribution in [1.82, 2.24) is 5.32 Å². The van der Waals surface area contributed by atoms with Gasteiger partial charge in [0.1, 0.15) is 0 Å². The SMILES string of the molecule is CCCNC1CCC(CC)CC1Sc1ccccc1C. The molecule has 1 aromatic rings. The average molecular weight is 292 g/mol. The Morgan fingerprint density at radius 1 is 1.20 bits per heavy atom. The van der Waals surface area contributed by atoms with Crippen LogP contribution in [-0.4, -0.2) is 17.8 Å². The maximum absolute atomic E-state index is 3.78. The lowest BCUT2D eigenvalue weighted by molar-refractivity contribution is 0.295. The third kappa shape index (κ3) is 4.26. The molecule has 1 N–H and O–H groups in total. The molecule has 1 fully saturated rings. The van der Waals surface area contributed by atoms with Crippen LogP contribution in [0, 0.1) is 12.8 Å². The highest BCUT2D eigenvalue weighted by atomic mass is 32.2. The molecule has 0 aliphatic heterocycles. The maximum atomic E-state index is 3.78. The molecule has 1 aromatic carbocycles. The van der Waals surface area contributed by atoms with E-state index in [4.69, 9.17) is 0 Å². The van der Waals surface area contributed by atoms with Crippen molar-refractivity contribution >= 4 is 11.8 Å². The summed E-state index contributed by atoms with van der Waals surface area (Å²) in [6, 6.07) is 9.53. The summed E-state index contributed by atoms with van der Waals surface area (Å²) >= 11 is 2.11. The molecule has 112 valence electrons. The van der Waals surface area contributed by atoms with Crippen molar-refractivity contribution in [2.24, 2.45) is 5.92 Å². The van der Waals surface area contributed by atoms with Gasteiger partial charge in [0.05, 0.1) is 0 Å². The van der Waals surface area contributed by atoms with Gasteiger partial charge < -0.3 is 5.32 Å². The Kier molecular flexibility index (Phi) is 6.44. The third-order valence-electron chi connectivity index (χ3n) is 4.51. The molecule has 1 saturated carbocycles. The van der Waals surface area contributed by atoms with Crippen LogP contribution in [0.25, 0.3) is 0 Å². The molecule has 0 heterocycles. The third-order valence-corrected chi connectivity index (χ3v) is 6.04. The first-order valence-electron chi connectivity index (χ1n) is 8.20. The Hall–Kier alpha value is -0.470. The molecule has 1 nitrogen and oxygen atoms in total. The summed E-state index contributed by atoms with van der Waals surface area (Å²) in [6.45, 7) is 8.00. The first-order valence-corrected chi connectivity index (χ1v) is 9.08. The van der Waals surface area contributed by atoms with Gasteiger partial charge in [-0.1, -0.05) is 38.5 Å². The smallest absolute Gasteiger partial charge is 0.0251 e. The fourth-order valence-corrected chi connectivity index (χ4v) is 4.63. The molecular weight excluding hydrogens is 262 g/mol. The summed E-state index contributed by atoms with van der Waals surface area (Å²) in [7, 11) is 0. The molecule has 2 heteroatoms. The van der Waals surface area contributed by atoms with Crippen LogP contribution in [0.5, 0.6) is 0 Å². The lowest BCUT2D eigenvalue weighted by atomic mass is 9.84. The van der Waals surface area contributed by atoms with Gasteiger partial charge in [0.15, 0.2) is 0 Å². The molecule has 0 bridgehead atoms. The fraction of sp³-hybridized carbons (Fsp3) is 0.667. The van der Waals surface area contributed by atoms with E-state index in [1.807, 2.05) is 0 Å². The molecule has 0 spiro atoms. The zero-order valence-corrected chi connectivity index (χ0v) is 14.0. The molecule has 0 saturated heterocycles. The van der Waals surface area contributed by atoms with Gasteiger partial charge in [0.2, 0.25) is 0 Å². The predicted octanol–water partition coefficient (Wildman–Crippen LogP) is 5.03. The van der Waals surface area contributed by atoms with Crippen LogP contribution in [0.15, 0.2) is 29.2 Å². The van der Waals surface area contributed by atoms with Gasteiger partial charge in [0, 0.05) is 16.2 Å². The van der Waals surface area contributed by atoms with E-state index >= 15 is 0 Å². The number of nitrogens with one attached hydrogen (secondary N) is 1. The predicted molar refractivity (Wildman–Crippen MR) is 90.5 cm³/mol. The number of hydrogen-bond acceptors (Lipinski definition) is 2. The molecule has 0 radical (unpaired) electrons. The van der Waals surface area contributed by atoms with Crippen molar-refractivity contribution in [2.45, 2.75) is 69.1 Å². The second-order valence-electron chi connectivity index (χ2n) is 6.07. The van der Waals surface area contributed by atoms with Crippen molar-refractivity contribution in [3.8, 4) is 0 Å². The van der Waals surface area contributed by atoms with Crippen LogP contribution in [0.3, 0.4) is 0 Å². The topological polar surface area (TPSA) is 12.0 Å². The summed E-state index contributed by atoms with van der Waals surface area (Å²) in [5, 5.41) is 4.52. The van der Waals surface area contributed by atoms with Gasteiger partial charge >= 0.3 is 0 Å². The minimum atomic E-state index is 0.697. The van der Waals surface area contributed by atoms with Crippen molar-refractivity contribution in [3.05, 3.63) is 29.8 Å². The fourth-order valence-electron chi connectivity index (χ4n) is 3.13. The first kappa shape index (κ1) is 15.9. The van der Waals surface area contributed by atoms with E-state index < -0.39 is 0 Å². The molecule has 20 heavy (non-hydrogen) atoms. The Bertz CT molecular complexity index is 404. The molecule has 1 aliphatic rings. The minimum Gasteiger partial charge on any atom is -0.313 e. The first-order chi connectivity index (χ1) is 9.74. The van der Waals surface area contributed by atoms with Gasteiger partial charge in [-0.05, 0) is 56.7 Å². The quantitative estimate of drug-likeness (QED) is 0.788. The van der Waals surface area contributed by atoms with Gasteiger partial charge in [-0.3, -0.25) is 0 Å². The zero-order chi connectivity index (χ0) is 14.4. The van der Waals surface area contributed by atoms with E-state index in [-0.39, 0.29) is 0 Å². The highest BCUT2D eigenvalue weighted by Crippen LogP contribution is 2.38. The molecule has 2 rings (SSSR count). The lowest BCUT2D eigenvalue weighted by Crippen LogP contribution is -2.42. The maximum Gasteiger partial charge on any atom is 0.0251 e. The summed E-state index contributed by atoms with van der Waals surface area (Å²) in [6.07, 6.45) is 6.70. The second-order valence-corrected chi connectivity index (χ2v) is 7.35. The van der Waals surface area contributed by atoms with Crippen molar-refractivity contribution in [1.29, 1.82) is 0 Å². The Morgan fingerprint density at radius 2 is 2.00 bits per heavy atom. The molecular formula is C18H29NS. The van der Waals surface area contributed by atoms with Gasteiger partial charge in [0.25, 0.3) is 0 Å². The van der Waals surface area contributed by atoms with Crippen molar-refractivity contribution < 1.29 is 0 Å². The Labute approximate surface area is 128 Å². The largest absolute Gasteiger partial charge is 0.313 e. The summed E-state index contributed by atoms with van der Waals surface area (Å²) in [4.78, 5) is 1.47. The lowest BCUT2D eigenvalue weighted by Gasteiger charge is -2.36. The van der Waals surface area contributed by atoms with Crippen LogP contribution in [0.4, 0.5) is 0 Å². The van der Waals surface area contributed by atoms with E-state index in [9.17, 15) is 0 Å². The average Bonchev–Trinajstić information content (AvgIpc) is 2.48. The van der Waals surface area contributed by atoms with Crippen LogP contribution < -0.4 is 5.32 Å². The number of aryl methyl sites for hydroxylation is 1. The second kappa shape index (κ2) is 8.09. The van der Waals surface area contributed by atoms with Crippen LogP contribution in [0.2, 0.25) is 0 Å². The van der Waals surface area contributed by atoms with Crippen molar-refractivity contribution in [2.75, 3.05) is 6.54 Å².